The Bertz CT molecular complexity index is 1220. The number of carbonyl (C=O) groups excluding carboxylic acids is 1. The van der Waals surface area contributed by atoms with Crippen LogP contribution in [-0.2, 0) is 21.4 Å². The van der Waals surface area contributed by atoms with Gasteiger partial charge in [-0.05, 0) is 48.8 Å². The lowest BCUT2D eigenvalue weighted by atomic mass is 9.86. The number of hydrogen-bond acceptors (Lipinski definition) is 6. The summed E-state index contributed by atoms with van der Waals surface area (Å²) in [4.78, 5) is 36.3. The fourth-order valence-electron chi connectivity index (χ4n) is 3.78. The molecule has 0 radical (unpaired) electrons. The quantitative estimate of drug-likeness (QED) is 0.480. The summed E-state index contributed by atoms with van der Waals surface area (Å²) in [6, 6.07) is 2.77. The van der Waals surface area contributed by atoms with Gasteiger partial charge in [0.2, 0.25) is 5.91 Å². The van der Waals surface area contributed by atoms with Crippen LogP contribution < -0.4 is 10.9 Å². The molecule has 0 aliphatic carbocycles. The second-order valence-electron chi connectivity index (χ2n) is 8.98. The molecule has 2 N–H and O–H groups in total. The lowest BCUT2D eigenvalue weighted by molar-refractivity contribution is -0.141. The average molecular weight is 460 g/mol. The number of thioether (sulfide) groups is 1. The van der Waals surface area contributed by atoms with Gasteiger partial charge < -0.3 is 19.3 Å². The van der Waals surface area contributed by atoms with Gasteiger partial charge in [-0.3, -0.25) is 4.79 Å². The maximum absolute atomic E-state index is 12.6. The van der Waals surface area contributed by atoms with E-state index in [-0.39, 0.29) is 18.3 Å². The Kier molecular flexibility index (Phi) is 7.03. The third-order valence-electron chi connectivity index (χ3n) is 5.64. The van der Waals surface area contributed by atoms with E-state index in [1.807, 2.05) is 19.2 Å². The molecule has 0 spiro atoms. The summed E-state index contributed by atoms with van der Waals surface area (Å²) in [5.74, 6) is -0.839. The van der Waals surface area contributed by atoms with E-state index in [0.717, 1.165) is 21.9 Å². The number of furan rings is 1. The summed E-state index contributed by atoms with van der Waals surface area (Å²) in [5.41, 5.74) is 2.72. The van der Waals surface area contributed by atoms with Crippen LogP contribution in [0.4, 0.5) is 0 Å². The van der Waals surface area contributed by atoms with Gasteiger partial charge >= 0.3 is 11.6 Å². The number of carbonyl (C=O) groups is 2. The van der Waals surface area contributed by atoms with Crippen molar-refractivity contribution in [3.05, 3.63) is 45.5 Å². The Morgan fingerprint density at radius 2 is 1.91 bits per heavy atom. The molecule has 1 amide bonds. The highest BCUT2D eigenvalue weighted by molar-refractivity contribution is 7.98. The summed E-state index contributed by atoms with van der Waals surface area (Å²) >= 11 is 1.52. The molecule has 3 rings (SSSR count). The van der Waals surface area contributed by atoms with E-state index in [9.17, 15) is 19.5 Å². The number of aryl methyl sites for hydroxylation is 1. The molecule has 172 valence electrons. The van der Waals surface area contributed by atoms with E-state index < -0.39 is 23.5 Å². The lowest BCUT2D eigenvalue weighted by Crippen LogP contribution is -2.41. The molecule has 2 heterocycles. The fourth-order valence-corrected chi connectivity index (χ4v) is 4.25. The van der Waals surface area contributed by atoms with E-state index in [4.69, 9.17) is 8.83 Å². The third-order valence-corrected chi connectivity index (χ3v) is 6.28. The van der Waals surface area contributed by atoms with Gasteiger partial charge in [-0.1, -0.05) is 20.8 Å². The normalized spacial score (nSPS) is 12.9. The number of carboxylic acids is 1. The maximum atomic E-state index is 12.6. The van der Waals surface area contributed by atoms with Crippen LogP contribution in [0.1, 0.15) is 50.3 Å². The Labute approximate surface area is 190 Å². The molecule has 2 aromatic heterocycles. The van der Waals surface area contributed by atoms with Crippen molar-refractivity contribution >= 4 is 45.6 Å². The number of fused-ring (bicyclic) bond motifs is 2. The SMILES string of the molecule is CSCC[C@@H](NC(=O)CCc1c(C)c2cc3c(C(C)(C)C)coc3cc2oc1=O)C(=O)O. The van der Waals surface area contributed by atoms with Crippen molar-refractivity contribution in [2.45, 2.75) is 58.4 Å². The van der Waals surface area contributed by atoms with Crippen LogP contribution >= 0.6 is 11.8 Å². The molecule has 1 atom stereocenters. The summed E-state index contributed by atoms with van der Waals surface area (Å²) in [7, 11) is 0. The van der Waals surface area contributed by atoms with E-state index in [1.54, 1.807) is 12.3 Å². The van der Waals surface area contributed by atoms with Gasteiger partial charge in [-0.2, -0.15) is 11.8 Å². The molecule has 0 fully saturated rings. The average Bonchev–Trinajstić information content (AvgIpc) is 3.12. The van der Waals surface area contributed by atoms with Crippen LogP contribution in [0.3, 0.4) is 0 Å². The molecule has 1 aromatic carbocycles. The predicted octanol–water partition coefficient (Wildman–Crippen LogP) is 4.40. The van der Waals surface area contributed by atoms with Gasteiger partial charge in [0.25, 0.3) is 0 Å². The molecular formula is C24H29NO6S. The van der Waals surface area contributed by atoms with Crippen LogP contribution in [0.25, 0.3) is 21.9 Å². The van der Waals surface area contributed by atoms with Crippen molar-refractivity contribution < 1.29 is 23.5 Å². The van der Waals surface area contributed by atoms with Gasteiger partial charge in [-0.15, -0.1) is 0 Å². The van der Waals surface area contributed by atoms with Crippen LogP contribution in [0.2, 0.25) is 0 Å². The van der Waals surface area contributed by atoms with Crippen LogP contribution in [-0.4, -0.2) is 35.0 Å². The Morgan fingerprint density at radius 3 is 2.53 bits per heavy atom. The minimum absolute atomic E-state index is 0.00134. The van der Waals surface area contributed by atoms with E-state index in [2.05, 4.69) is 26.1 Å². The molecule has 0 unspecified atom stereocenters. The number of rotatable bonds is 8. The molecule has 0 aliphatic rings. The van der Waals surface area contributed by atoms with Gasteiger partial charge in [0.05, 0.1) is 6.26 Å². The number of hydrogen-bond donors (Lipinski definition) is 2. The molecule has 7 nitrogen and oxygen atoms in total. The highest BCUT2D eigenvalue weighted by atomic mass is 32.2. The topological polar surface area (TPSA) is 110 Å². The van der Waals surface area contributed by atoms with E-state index in [0.29, 0.717) is 28.9 Å². The number of carboxylic acid groups (broad SMARTS) is 1. The van der Waals surface area contributed by atoms with Crippen molar-refractivity contribution in [1.29, 1.82) is 0 Å². The van der Waals surface area contributed by atoms with Gasteiger partial charge in [0, 0.05) is 34.4 Å². The molecule has 0 aliphatic heterocycles. The standard InChI is InChI=1S/C24H29NO6S/c1-13-14(6-7-21(26)25-18(22(27)28)8-9-32-5)23(29)31-20-11-19-16(10-15(13)20)17(12-30-19)24(2,3)4/h10-12,18H,6-9H2,1-5H3,(H,25,26)(H,27,28)/t18-/m1/s1. The Balaban J connectivity index is 1.88. The second kappa shape index (κ2) is 9.40. The minimum Gasteiger partial charge on any atom is -0.480 e. The molecule has 0 bridgehead atoms. The van der Waals surface area contributed by atoms with Crippen LogP contribution in [0.15, 0.2) is 32.0 Å². The van der Waals surface area contributed by atoms with Crippen molar-refractivity contribution in [3.8, 4) is 0 Å². The van der Waals surface area contributed by atoms with E-state index in [1.165, 1.54) is 11.8 Å². The Hall–Kier alpha value is -2.74. The molecule has 8 heteroatoms. The van der Waals surface area contributed by atoms with Crippen molar-refractivity contribution in [2.24, 2.45) is 0 Å². The zero-order valence-electron chi connectivity index (χ0n) is 19.0. The summed E-state index contributed by atoms with van der Waals surface area (Å²) in [6.07, 6.45) is 4.13. The first kappa shape index (κ1) is 23.9. The minimum atomic E-state index is -1.06. The number of nitrogens with one attached hydrogen (secondary N) is 1. The molecule has 32 heavy (non-hydrogen) atoms. The van der Waals surface area contributed by atoms with Crippen molar-refractivity contribution in [3.63, 3.8) is 0 Å². The van der Waals surface area contributed by atoms with E-state index >= 15 is 0 Å². The van der Waals surface area contributed by atoms with Crippen molar-refractivity contribution in [1.82, 2.24) is 5.32 Å². The highest BCUT2D eigenvalue weighted by Gasteiger charge is 2.23. The predicted molar refractivity (Wildman–Crippen MR) is 127 cm³/mol. The number of benzene rings is 1. The van der Waals surface area contributed by atoms with Gasteiger partial charge in [0.1, 0.15) is 17.2 Å². The summed E-state index contributed by atoms with van der Waals surface area (Å²) in [6.45, 7) is 8.15. The smallest absolute Gasteiger partial charge is 0.339 e. The van der Waals surface area contributed by atoms with Crippen molar-refractivity contribution in [2.75, 3.05) is 12.0 Å². The summed E-state index contributed by atoms with van der Waals surface area (Å²) < 4.78 is 11.2. The molecule has 0 saturated heterocycles. The zero-order valence-corrected chi connectivity index (χ0v) is 19.9. The zero-order chi connectivity index (χ0) is 23.6. The molecule has 3 aromatic rings. The maximum Gasteiger partial charge on any atom is 0.339 e. The third kappa shape index (κ3) is 5.01. The van der Waals surface area contributed by atoms with Crippen LogP contribution in [0, 0.1) is 6.92 Å². The highest BCUT2D eigenvalue weighted by Crippen LogP contribution is 2.35. The van der Waals surface area contributed by atoms with Crippen LogP contribution in [0.5, 0.6) is 0 Å². The van der Waals surface area contributed by atoms with Gasteiger partial charge in [-0.25, -0.2) is 9.59 Å². The second-order valence-corrected chi connectivity index (χ2v) is 9.96. The lowest BCUT2D eigenvalue weighted by Gasteiger charge is -2.17. The first-order valence-electron chi connectivity index (χ1n) is 10.5. The van der Waals surface area contributed by atoms with Gasteiger partial charge in [0.15, 0.2) is 0 Å². The monoisotopic (exact) mass is 459 g/mol. The largest absolute Gasteiger partial charge is 0.480 e. The first-order valence-corrected chi connectivity index (χ1v) is 11.9. The molecule has 0 saturated carbocycles. The fraction of sp³-hybridized carbons (Fsp3) is 0.458. The number of amides is 1. The molecular weight excluding hydrogens is 430 g/mol. The summed E-state index contributed by atoms with van der Waals surface area (Å²) in [5, 5.41) is 13.6. The number of aliphatic carboxylic acids is 1. The first-order chi connectivity index (χ1) is 15.0. The Morgan fingerprint density at radius 1 is 1.19 bits per heavy atom.